The van der Waals surface area contributed by atoms with Gasteiger partial charge in [-0.15, -0.1) is 11.6 Å². The Labute approximate surface area is 113 Å². The molecule has 1 N–H and O–H groups in total. The molecule has 6 heteroatoms. The van der Waals surface area contributed by atoms with E-state index in [2.05, 4.69) is 17.1 Å². The smallest absolute Gasteiger partial charge is 0.324 e. The second-order valence-electron chi connectivity index (χ2n) is 4.69. The Bertz CT molecular complexity index is 302. The first-order valence-electron chi connectivity index (χ1n) is 6.39. The van der Waals surface area contributed by atoms with Gasteiger partial charge in [0.25, 0.3) is 0 Å². The molecular weight excluding hydrogens is 254 g/mol. The molecule has 1 heterocycles. The lowest BCUT2D eigenvalue weighted by atomic mass is 10.0. The summed E-state index contributed by atoms with van der Waals surface area (Å²) >= 11 is 5.61. The lowest BCUT2D eigenvalue weighted by molar-refractivity contribution is -0.119. The summed E-state index contributed by atoms with van der Waals surface area (Å²) < 4.78 is 0. The molecule has 0 aromatic heterocycles. The summed E-state index contributed by atoms with van der Waals surface area (Å²) in [5, 5.41) is 1.61. The summed E-state index contributed by atoms with van der Waals surface area (Å²) in [6, 6.07) is -0.159. The van der Waals surface area contributed by atoms with Crippen molar-refractivity contribution in [1.29, 1.82) is 0 Å². The number of piperidine rings is 1. The number of alkyl halides is 1. The fourth-order valence-corrected chi connectivity index (χ4v) is 2.14. The van der Waals surface area contributed by atoms with Crippen LogP contribution in [0, 0.1) is 0 Å². The third kappa shape index (κ3) is 4.14. The highest BCUT2D eigenvalue weighted by Crippen LogP contribution is 2.15. The Morgan fingerprint density at radius 2 is 2.00 bits per heavy atom. The first kappa shape index (κ1) is 15.2. The Morgan fingerprint density at radius 1 is 1.44 bits per heavy atom. The van der Waals surface area contributed by atoms with Crippen LogP contribution in [0.3, 0.4) is 0 Å². The molecule has 5 nitrogen and oxygen atoms in total. The van der Waals surface area contributed by atoms with Crippen molar-refractivity contribution in [2.75, 3.05) is 26.7 Å². The topological polar surface area (TPSA) is 52.6 Å². The summed E-state index contributed by atoms with van der Waals surface area (Å²) in [6.45, 7) is 6.73. The minimum absolute atomic E-state index is 0.200. The van der Waals surface area contributed by atoms with E-state index in [1.54, 1.807) is 18.9 Å². The van der Waals surface area contributed by atoms with Gasteiger partial charge in [-0.25, -0.2) is 4.79 Å². The normalized spacial score (nSPS) is 19.3. The maximum atomic E-state index is 11.8. The van der Waals surface area contributed by atoms with Crippen LogP contribution in [0.15, 0.2) is 0 Å². The summed E-state index contributed by atoms with van der Waals surface area (Å²) in [5.74, 6) is -0.445. The second kappa shape index (κ2) is 6.95. The Morgan fingerprint density at radius 3 is 2.44 bits per heavy atom. The maximum absolute atomic E-state index is 11.8. The van der Waals surface area contributed by atoms with Crippen molar-refractivity contribution in [3.05, 3.63) is 0 Å². The van der Waals surface area contributed by atoms with Crippen molar-refractivity contribution < 1.29 is 9.59 Å². The van der Waals surface area contributed by atoms with Crippen LogP contribution in [-0.4, -0.2) is 59.8 Å². The summed E-state index contributed by atoms with van der Waals surface area (Å²) in [7, 11) is 1.73. The zero-order valence-corrected chi connectivity index (χ0v) is 12.0. The monoisotopic (exact) mass is 275 g/mol. The van der Waals surface area contributed by atoms with Gasteiger partial charge in [0, 0.05) is 26.2 Å². The number of rotatable bonds is 3. The molecule has 0 spiro atoms. The van der Waals surface area contributed by atoms with Crippen LogP contribution in [0.1, 0.15) is 26.7 Å². The largest absolute Gasteiger partial charge is 0.324 e. The molecule has 3 amide bonds. The molecule has 0 saturated carbocycles. The summed E-state index contributed by atoms with van der Waals surface area (Å²) in [4.78, 5) is 27.1. The molecule has 0 aromatic rings. The van der Waals surface area contributed by atoms with E-state index in [1.165, 1.54) is 0 Å². The fraction of sp³-hybridized carbons (Fsp3) is 0.833. The average molecular weight is 276 g/mol. The van der Waals surface area contributed by atoms with Gasteiger partial charge in [0.15, 0.2) is 0 Å². The Hall–Kier alpha value is -0.810. The molecule has 0 bridgehead atoms. The van der Waals surface area contributed by atoms with Crippen molar-refractivity contribution in [3.63, 3.8) is 0 Å². The predicted octanol–water partition coefficient (Wildman–Crippen LogP) is 1.27. The summed E-state index contributed by atoms with van der Waals surface area (Å²) in [6.07, 6.45) is 1.89. The van der Waals surface area contributed by atoms with Crippen LogP contribution in [-0.2, 0) is 4.79 Å². The number of likely N-dealkylation sites (tertiary alicyclic amines) is 1. The van der Waals surface area contributed by atoms with Crippen LogP contribution in [0.25, 0.3) is 0 Å². The van der Waals surface area contributed by atoms with Crippen molar-refractivity contribution in [3.8, 4) is 0 Å². The third-order valence-electron chi connectivity index (χ3n) is 3.46. The van der Waals surface area contributed by atoms with Crippen LogP contribution < -0.4 is 5.32 Å². The van der Waals surface area contributed by atoms with Crippen molar-refractivity contribution in [2.45, 2.75) is 38.1 Å². The van der Waals surface area contributed by atoms with Crippen LogP contribution >= 0.6 is 11.6 Å². The Kier molecular flexibility index (Phi) is 5.88. The van der Waals surface area contributed by atoms with Gasteiger partial charge in [-0.2, -0.15) is 0 Å². The van der Waals surface area contributed by atoms with Gasteiger partial charge in [0.05, 0.1) is 0 Å². The van der Waals surface area contributed by atoms with E-state index in [1.807, 2.05) is 0 Å². The Balaban J connectivity index is 2.42. The van der Waals surface area contributed by atoms with Gasteiger partial charge in [0.2, 0.25) is 5.91 Å². The van der Waals surface area contributed by atoms with E-state index >= 15 is 0 Å². The van der Waals surface area contributed by atoms with Gasteiger partial charge in [-0.1, -0.05) is 6.92 Å². The van der Waals surface area contributed by atoms with E-state index < -0.39 is 11.3 Å². The molecule has 1 unspecified atom stereocenters. The van der Waals surface area contributed by atoms with Crippen LogP contribution in [0.5, 0.6) is 0 Å². The third-order valence-corrected chi connectivity index (χ3v) is 3.66. The number of nitrogens with one attached hydrogen (secondary N) is 1. The highest BCUT2D eigenvalue weighted by atomic mass is 35.5. The first-order chi connectivity index (χ1) is 8.45. The molecule has 1 fully saturated rings. The first-order valence-corrected chi connectivity index (χ1v) is 6.83. The van der Waals surface area contributed by atoms with E-state index in [4.69, 9.17) is 11.6 Å². The molecule has 1 rings (SSSR count). The van der Waals surface area contributed by atoms with E-state index in [-0.39, 0.29) is 12.1 Å². The molecule has 18 heavy (non-hydrogen) atoms. The minimum atomic E-state index is -0.690. The highest BCUT2D eigenvalue weighted by Gasteiger charge is 2.26. The van der Waals surface area contributed by atoms with E-state index in [9.17, 15) is 9.59 Å². The second-order valence-corrected chi connectivity index (χ2v) is 5.34. The molecule has 1 aliphatic heterocycles. The number of halogens is 1. The number of hydrogen-bond donors (Lipinski definition) is 1. The highest BCUT2D eigenvalue weighted by molar-refractivity contribution is 6.31. The number of carbonyl (C=O) groups excluding carboxylic acids is 2. The molecule has 0 radical (unpaired) electrons. The SMILES string of the molecule is CCN1CCC(N(C)C(=O)NC(=O)C(C)Cl)CC1. The van der Waals surface area contributed by atoms with Crippen molar-refractivity contribution in [1.82, 2.24) is 15.1 Å². The lowest BCUT2D eigenvalue weighted by Gasteiger charge is -2.36. The molecule has 1 aliphatic rings. The molecule has 0 aromatic carbocycles. The fourth-order valence-electron chi connectivity index (χ4n) is 2.08. The number of imide groups is 1. The predicted molar refractivity (Wildman–Crippen MR) is 71.8 cm³/mol. The van der Waals surface area contributed by atoms with Gasteiger partial charge in [-0.3, -0.25) is 10.1 Å². The van der Waals surface area contributed by atoms with Gasteiger partial charge < -0.3 is 9.80 Å². The minimum Gasteiger partial charge on any atom is -0.324 e. The number of urea groups is 1. The average Bonchev–Trinajstić information content (AvgIpc) is 2.37. The number of nitrogens with zero attached hydrogens (tertiary/aromatic N) is 2. The van der Waals surface area contributed by atoms with E-state index in [0.29, 0.717) is 0 Å². The van der Waals surface area contributed by atoms with Crippen LogP contribution in [0.4, 0.5) is 4.79 Å². The number of amides is 3. The van der Waals surface area contributed by atoms with Gasteiger partial charge in [0.1, 0.15) is 5.38 Å². The van der Waals surface area contributed by atoms with Gasteiger partial charge in [-0.05, 0) is 26.3 Å². The number of hydrogen-bond acceptors (Lipinski definition) is 3. The molecule has 104 valence electrons. The molecule has 1 saturated heterocycles. The van der Waals surface area contributed by atoms with E-state index in [0.717, 1.165) is 32.5 Å². The van der Waals surface area contributed by atoms with Crippen molar-refractivity contribution in [2.24, 2.45) is 0 Å². The zero-order chi connectivity index (χ0) is 13.7. The standard InChI is InChI=1S/C12H22ClN3O2/c1-4-16-7-5-10(6-8-16)15(3)12(18)14-11(17)9(2)13/h9-10H,4-8H2,1-3H3,(H,14,17,18). The lowest BCUT2D eigenvalue weighted by Crippen LogP contribution is -2.50. The maximum Gasteiger partial charge on any atom is 0.324 e. The quantitative estimate of drug-likeness (QED) is 0.789. The van der Waals surface area contributed by atoms with Gasteiger partial charge >= 0.3 is 6.03 Å². The van der Waals surface area contributed by atoms with Crippen molar-refractivity contribution >= 4 is 23.5 Å². The zero-order valence-electron chi connectivity index (χ0n) is 11.3. The molecule has 1 atom stereocenters. The number of carbonyl (C=O) groups is 2. The summed E-state index contributed by atoms with van der Waals surface area (Å²) in [5.41, 5.74) is 0. The molecular formula is C12H22ClN3O2. The molecule has 0 aliphatic carbocycles. The van der Waals surface area contributed by atoms with Crippen LogP contribution in [0.2, 0.25) is 0 Å².